The summed E-state index contributed by atoms with van der Waals surface area (Å²) in [6, 6.07) is 0. The Hall–Kier alpha value is -1.18. The van der Waals surface area contributed by atoms with Crippen LogP contribution < -0.4 is 0 Å². The minimum atomic E-state index is -1.78. The van der Waals surface area contributed by atoms with E-state index in [1.54, 1.807) is 0 Å². The van der Waals surface area contributed by atoms with E-state index in [9.17, 15) is 40.2 Å². The first-order chi connectivity index (χ1) is 18.3. The highest BCUT2D eigenvalue weighted by Crippen LogP contribution is 2.68. The molecule has 0 bridgehead atoms. The quantitative estimate of drug-likeness (QED) is 0.244. The van der Waals surface area contributed by atoms with Gasteiger partial charge in [0.2, 0.25) is 0 Å². The SMILES string of the molecule is COC(=O)[C@H]1O[C@@H](OCC(=O)[C@@]2(O)CC[C@H]3[C@@H]4CC[C@H]5C[C@H](O)CC[C@]5(C)[C@H]4[C@@H](O)C[C@@]32C)[C@H](O)[C@@H](O)[C@@H]1O. The van der Waals surface area contributed by atoms with E-state index in [0.29, 0.717) is 12.3 Å². The van der Waals surface area contributed by atoms with E-state index in [2.05, 4.69) is 11.7 Å². The molecular formula is C28H44O11. The summed E-state index contributed by atoms with van der Waals surface area (Å²) in [6.45, 7) is 3.47. The van der Waals surface area contributed by atoms with Crippen molar-refractivity contribution in [3.8, 4) is 0 Å². The number of aliphatic hydroxyl groups excluding tert-OH is 5. The van der Waals surface area contributed by atoms with Gasteiger partial charge in [-0.3, -0.25) is 4.79 Å². The van der Waals surface area contributed by atoms with Crippen molar-refractivity contribution in [2.45, 2.75) is 114 Å². The van der Waals surface area contributed by atoms with Crippen LogP contribution in [0, 0.1) is 34.5 Å². The number of methoxy groups -OCH3 is 1. The second-order valence-electron chi connectivity index (χ2n) is 13.2. The van der Waals surface area contributed by atoms with Crippen LogP contribution in [-0.4, -0.2) is 105 Å². The molecule has 5 rings (SSSR count). The summed E-state index contributed by atoms with van der Waals surface area (Å²) in [5.74, 6) is -1.02. The van der Waals surface area contributed by atoms with Gasteiger partial charge in [-0.05, 0) is 80.5 Å². The molecule has 6 N–H and O–H groups in total. The van der Waals surface area contributed by atoms with Crippen LogP contribution in [0.5, 0.6) is 0 Å². The Kier molecular flexibility index (Phi) is 7.72. The zero-order chi connectivity index (χ0) is 28.5. The van der Waals surface area contributed by atoms with E-state index in [-0.39, 0.29) is 42.1 Å². The van der Waals surface area contributed by atoms with Gasteiger partial charge < -0.3 is 44.8 Å². The normalized spacial score (nSPS) is 53.3. The van der Waals surface area contributed by atoms with Crippen molar-refractivity contribution in [3.63, 3.8) is 0 Å². The van der Waals surface area contributed by atoms with Gasteiger partial charge in [-0.15, -0.1) is 0 Å². The number of Topliss-reactive ketones (excluding diaryl/α,β-unsaturated/α-hetero) is 1. The second kappa shape index (κ2) is 10.3. The third kappa shape index (κ3) is 4.39. The minimum absolute atomic E-state index is 0.0293. The summed E-state index contributed by atoms with van der Waals surface area (Å²) in [5.41, 5.74) is -2.75. The predicted octanol–water partition coefficient (Wildman–Crippen LogP) is -0.342. The molecule has 0 spiro atoms. The number of esters is 1. The summed E-state index contributed by atoms with van der Waals surface area (Å²) in [4.78, 5) is 25.5. The summed E-state index contributed by atoms with van der Waals surface area (Å²) >= 11 is 0. The van der Waals surface area contributed by atoms with Crippen LogP contribution in [0.15, 0.2) is 0 Å². The van der Waals surface area contributed by atoms with Crippen LogP contribution in [0.25, 0.3) is 0 Å². The number of rotatable bonds is 5. The lowest BCUT2D eigenvalue weighted by molar-refractivity contribution is -0.293. The fourth-order valence-electron chi connectivity index (χ4n) is 9.40. The second-order valence-corrected chi connectivity index (χ2v) is 13.2. The predicted molar refractivity (Wildman–Crippen MR) is 134 cm³/mol. The molecule has 0 aromatic rings. The average Bonchev–Trinajstić information content (AvgIpc) is 3.17. The number of hydrogen-bond acceptors (Lipinski definition) is 11. The first-order valence-corrected chi connectivity index (χ1v) is 14.3. The van der Waals surface area contributed by atoms with Gasteiger partial charge in [-0.25, -0.2) is 4.79 Å². The fraction of sp³-hybridized carbons (Fsp3) is 0.929. The number of ketones is 1. The molecule has 0 aromatic heterocycles. The van der Waals surface area contributed by atoms with E-state index in [4.69, 9.17) is 9.47 Å². The van der Waals surface area contributed by atoms with Gasteiger partial charge in [-0.1, -0.05) is 13.8 Å². The topological polar surface area (TPSA) is 183 Å². The maximum Gasteiger partial charge on any atom is 0.337 e. The highest BCUT2D eigenvalue weighted by Gasteiger charge is 2.68. The molecule has 1 aliphatic heterocycles. The summed E-state index contributed by atoms with van der Waals surface area (Å²) in [6.07, 6.45) is -4.19. The van der Waals surface area contributed by atoms with Crippen LogP contribution in [0.2, 0.25) is 0 Å². The van der Waals surface area contributed by atoms with Gasteiger partial charge in [0.15, 0.2) is 18.2 Å². The lowest BCUT2D eigenvalue weighted by Crippen LogP contribution is -2.64. The van der Waals surface area contributed by atoms with Crippen LogP contribution in [0.3, 0.4) is 0 Å². The van der Waals surface area contributed by atoms with Gasteiger partial charge in [0, 0.05) is 5.41 Å². The molecule has 14 atom stereocenters. The molecule has 39 heavy (non-hydrogen) atoms. The Morgan fingerprint density at radius 2 is 1.67 bits per heavy atom. The van der Waals surface area contributed by atoms with Crippen molar-refractivity contribution in [2.75, 3.05) is 13.7 Å². The molecule has 5 fully saturated rings. The minimum Gasteiger partial charge on any atom is -0.467 e. The molecule has 222 valence electrons. The van der Waals surface area contributed by atoms with Crippen LogP contribution in [0.4, 0.5) is 0 Å². The number of ether oxygens (including phenoxy) is 3. The van der Waals surface area contributed by atoms with Gasteiger partial charge in [0.1, 0.15) is 30.5 Å². The lowest BCUT2D eigenvalue weighted by Gasteiger charge is -2.62. The number of carbonyl (C=O) groups excluding carboxylic acids is 2. The zero-order valence-corrected chi connectivity index (χ0v) is 22.9. The Morgan fingerprint density at radius 1 is 0.949 bits per heavy atom. The Balaban J connectivity index is 1.31. The molecule has 0 amide bonds. The number of fused-ring (bicyclic) bond motifs is 5. The monoisotopic (exact) mass is 556 g/mol. The molecule has 11 nitrogen and oxygen atoms in total. The Labute approximate surface area is 228 Å². The van der Waals surface area contributed by atoms with Crippen molar-refractivity contribution in [1.82, 2.24) is 0 Å². The highest BCUT2D eigenvalue weighted by molar-refractivity contribution is 5.89. The smallest absolute Gasteiger partial charge is 0.337 e. The maximum absolute atomic E-state index is 13.6. The van der Waals surface area contributed by atoms with E-state index >= 15 is 0 Å². The van der Waals surface area contributed by atoms with Gasteiger partial charge in [-0.2, -0.15) is 0 Å². The lowest BCUT2D eigenvalue weighted by atomic mass is 9.43. The summed E-state index contributed by atoms with van der Waals surface area (Å²) in [5, 5.41) is 64.3. The van der Waals surface area contributed by atoms with Crippen LogP contribution in [-0.2, 0) is 23.8 Å². The molecule has 1 saturated heterocycles. The number of aliphatic hydroxyl groups is 6. The third-order valence-electron chi connectivity index (χ3n) is 11.6. The van der Waals surface area contributed by atoms with Crippen molar-refractivity contribution < 1.29 is 54.4 Å². The van der Waals surface area contributed by atoms with E-state index < -0.39 is 66.2 Å². The largest absolute Gasteiger partial charge is 0.467 e. The molecule has 0 radical (unpaired) electrons. The van der Waals surface area contributed by atoms with Gasteiger partial charge in [0.25, 0.3) is 0 Å². The first-order valence-electron chi connectivity index (χ1n) is 14.3. The molecule has 11 heteroatoms. The van der Waals surface area contributed by atoms with Gasteiger partial charge >= 0.3 is 5.97 Å². The van der Waals surface area contributed by atoms with Crippen molar-refractivity contribution in [3.05, 3.63) is 0 Å². The molecule has 0 unspecified atom stereocenters. The third-order valence-corrected chi connectivity index (χ3v) is 11.6. The summed E-state index contributed by atoms with van der Waals surface area (Å²) < 4.78 is 15.4. The van der Waals surface area contributed by atoms with Crippen molar-refractivity contribution >= 4 is 11.8 Å². The fourth-order valence-corrected chi connectivity index (χ4v) is 9.40. The molecule has 5 aliphatic rings. The summed E-state index contributed by atoms with van der Waals surface area (Å²) in [7, 11) is 1.08. The Morgan fingerprint density at radius 3 is 2.36 bits per heavy atom. The van der Waals surface area contributed by atoms with Crippen LogP contribution in [0.1, 0.15) is 65.2 Å². The first kappa shape index (κ1) is 29.3. The van der Waals surface area contributed by atoms with Crippen molar-refractivity contribution in [2.24, 2.45) is 34.5 Å². The van der Waals surface area contributed by atoms with Gasteiger partial charge in [0.05, 0.1) is 19.3 Å². The zero-order valence-electron chi connectivity index (χ0n) is 22.9. The van der Waals surface area contributed by atoms with Crippen molar-refractivity contribution in [1.29, 1.82) is 0 Å². The maximum atomic E-state index is 13.6. The molecule has 0 aromatic carbocycles. The highest BCUT2D eigenvalue weighted by atomic mass is 16.7. The Bertz CT molecular complexity index is 960. The number of carbonyl (C=O) groups is 2. The van der Waals surface area contributed by atoms with E-state index in [0.717, 1.165) is 39.2 Å². The molecule has 4 saturated carbocycles. The molecule has 1 heterocycles. The molecule has 4 aliphatic carbocycles. The molecular weight excluding hydrogens is 512 g/mol. The number of hydrogen-bond donors (Lipinski definition) is 6. The van der Waals surface area contributed by atoms with E-state index in [1.807, 2.05) is 6.92 Å². The van der Waals surface area contributed by atoms with E-state index in [1.165, 1.54) is 0 Å². The average molecular weight is 557 g/mol. The van der Waals surface area contributed by atoms with Crippen LogP contribution >= 0.6 is 0 Å². The standard InChI is InChI=1S/C28H44O11/c1-26-8-6-14(29)10-13(26)4-5-15-16-7-9-28(36,27(16,2)11-17(30)19(15)26)18(31)12-38-25-22(34)20(32)21(33)23(39-25)24(35)37-3/h13-17,19-23,25,29-30,32-34,36H,4-12H2,1-3H3/t13-,14+,15-,16-,17-,19+,20-,21-,22+,23-,25+,26-,27-,28-/m0/s1.